The highest BCUT2D eigenvalue weighted by atomic mass is 16.2. The van der Waals surface area contributed by atoms with E-state index < -0.39 is 11.7 Å². The van der Waals surface area contributed by atoms with Gasteiger partial charge >= 0.3 is 0 Å². The number of nitrogens with zero attached hydrogens (tertiary/aromatic N) is 1. The van der Waals surface area contributed by atoms with Crippen molar-refractivity contribution in [2.45, 2.75) is 13.8 Å². The molecule has 84 valence electrons. The van der Waals surface area contributed by atoms with Gasteiger partial charge in [-0.1, -0.05) is 12.1 Å². The number of anilines is 1. The number of rotatable bonds is 2. The van der Waals surface area contributed by atoms with Crippen molar-refractivity contribution in [2.75, 3.05) is 18.0 Å². The zero-order valence-corrected chi connectivity index (χ0v) is 9.41. The van der Waals surface area contributed by atoms with E-state index in [4.69, 9.17) is 5.73 Å². The molecule has 0 atom stereocenters. The summed E-state index contributed by atoms with van der Waals surface area (Å²) < 4.78 is 0. The summed E-state index contributed by atoms with van der Waals surface area (Å²) in [6, 6.07) is 3.79. The molecule has 16 heavy (non-hydrogen) atoms. The fourth-order valence-corrected chi connectivity index (χ4v) is 2.10. The maximum absolute atomic E-state index is 11.8. The van der Waals surface area contributed by atoms with Crippen molar-refractivity contribution in [3.8, 4) is 0 Å². The van der Waals surface area contributed by atoms with Crippen molar-refractivity contribution < 1.29 is 9.59 Å². The van der Waals surface area contributed by atoms with Gasteiger partial charge in [-0.3, -0.25) is 9.59 Å². The number of aryl methyl sites for hydroxylation is 2. The van der Waals surface area contributed by atoms with Crippen LogP contribution in [-0.2, 0) is 4.79 Å². The molecule has 0 unspecified atom stereocenters. The maximum atomic E-state index is 11.8. The Morgan fingerprint density at radius 1 is 1.19 bits per heavy atom. The number of Topliss-reactive ketones (excluding diaryl/α,β-unsaturated/α-hetero) is 1. The van der Waals surface area contributed by atoms with Crippen LogP contribution < -0.4 is 10.6 Å². The number of carbonyl (C=O) groups is 2. The van der Waals surface area contributed by atoms with Crippen molar-refractivity contribution in [1.29, 1.82) is 0 Å². The summed E-state index contributed by atoms with van der Waals surface area (Å²) in [5, 5.41) is 0. The van der Waals surface area contributed by atoms with E-state index in [9.17, 15) is 9.59 Å². The van der Waals surface area contributed by atoms with E-state index in [1.807, 2.05) is 26.0 Å². The van der Waals surface area contributed by atoms with Crippen LogP contribution in [-0.4, -0.2) is 24.8 Å². The minimum atomic E-state index is -0.460. The average molecular weight is 218 g/mol. The normalized spacial score (nSPS) is 14.6. The number of hydrogen-bond acceptors (Lipinski definition) is 3. The van der Waals surface area contributed by atoms with E-state index in [0.29, 0.717) is 18.7 Å². The second-order valence-corrected chi connectivity index (χ2v) is 4.00. The highest BCUT2D eigenvalue weighted by Gasteiger charge is 2.37. The van der Waals surface area contributed by atoms with Crippen LogP contribution in [0.4, 0.5) is 5.69 Å². The van der Waals surface area contributed by atoms with Crippen LogP contribution in [0.2, 0.25) is 0 Å². The Labute approximate surface area is 94.0 Å². The van der Waals surface area contributed by atoms with Crippen LogP contribution >= 0.6 is 0 Å². The van der Waals surface area contributed by atoms with Gasteiger partial charge in [-0.05, 0) is 25.0 Å². The second-order valence-electron chi connectivity index (χ2n) is 4.00. The van der Waals surface area contributed by atoms with Gasteiger partial charge in [0.05, 0.1) is 11.3 Å². The Kier molecular flexibility index (Phi) is 2.52. The Morgan fingerprint density at radius 2 is 1.81 bits per heavy atom. The summed E-state index contributed by atoms with van der Waals surface area (Å²) in [6.07, 6.45) is 0. The summed E-state index contributed by atoms with van der Waals surface area (Å²) in [5.74, 6) is -0.873. The number of nitrogens with two attached hydrogens (primary N) is 1. The first kappa shape index (κ1) is 10.8. The maximum Gasteiger partial charge on any atom is 0.299 e. The Balaban J connectivity index is 2.64. The lowest BCUT2D eigenvalue weighted by Gasteiger charge is -2.17. The highest BCUT2D eigenvalue weighted by Crippen LogP contribution is 2.34. The largest absolute Gasteiger partial charge is 0.329 e. The predicted octanol–water partition coefficient (Wildman–Crippen LogP) is 0.791. The third kappa shape index (κ3) is 1.34. The lowest BCUT2D eigenvalue weighted by molar-refractivity contribution is -0.114. The summed E-state index contributed by atoms with van der Waals surface area (Å²) in [5.41, 5.74) is 8.52. The highest BCUT2D eigenvalue weighted by molar-refractivity contribution is 6.52. The fraction of sp³-hybridized carbons (Fsp3) is 0.333. The summed E-state index contributed by atoms with van der Waals surface area (Å²) in [7, 11) is 0. The SMILES string of the molecule is Cc1ccc(C)c2c1C(=O)C(=O)N2CCN. The molecule has 0 radical (unpaired) electrons. The smallest absolute Gasteiger partial charge is 0.299 e. The number of hydrogen-bond donors (Lipinski definition) is 1. The van der Waals surface area contributed by atoms with Gasteiger partial charge in [0.1, 0.15) is 0 Å². The van der Waals surface area contributed by atoms with E-state index >= 15 is 0 Å². The molecule has 0 saturated heterocycles. The van der Waals surface area contributed by atoms with Crippen LogP contribution in [0.1, 0.15) is 21.5 Å². The van der Waals surface area contributed by atoms with Gasteiger partial charge in [0.2, 0.25) is 0 Å². The van der Waals surface area contributed by atoms with E-state index in [2.05, 4.69) is 0 Å². The number of amides is 1. The molecular formula is C12H14N2O2. The van der Waals surface area contributed by atoms with Gasteiger partial charge in [-0.2, -0.15) is 0 Å². The van der Waals surface area contributed by atoms with Crippen molar-refractivity contribution in [1.82, 2.24) is 0 Å². The molecule has 4 heteroatoms. The molecule has 0 saturated carbocycles. The second kappa shape index (κ2) is 3.72. The molecule has 0 spiro atoms. The molecule has 2 N–H and O–H groups in total. The zero-order valence-electron chi connectivity index (χ0n) is 9.41. The van der Waals surface area contributed by atoms with Crippen LogP contribution in [0.25, 0.3) is 0 Å². The molecule has 0 fully saturated rings. The van der Waals surface area contributed by atoms with Gasteiger partial charge in [-0.15, -0.1) is 0 Å². The van der Waals surface area contributed by atoms with Crippen LogP contribution in [0.3, 0.4) is 0 Å². The molecule has 1 amide bonds. The van der Waals surface area contributed by atoms with Crippen LogP contribution in [0.5, 0.6) is 0 Å². The number of fused-ring (bicyclic) bond motifs is 1. The van der Waals surface area contributed by atoms with Gasteiger partial charge < -0.3 is 10.6 Å². The monoisotopic (exact) mass is 218 g/mol. The average Bonchev–Trinajstić information content (AvgIpc) is 2.50. The Bertz CT molecular complexity index is 480. The molecule has 0 bridgehead atoms. The fourth-order valence-electron chi connectivity index (χ4n) is 2.10. The lowest BCUT2D eigenvalue weighted by Crippen LogP contribution is -2.34. The predicted molar refractivity (Wildman–Crippen MR) is 61.7 cm³/mol. The Morgan fingerprint density at radius 3 is 2.44 bits per heavy atom. The first-order valence-electron chi connectivity index (χ1n) is 5.24. The molecular weight excluding hydrogens is 204 g/mol. The van der Waals surface area contributed by atoms with Crippen molar-refractivity contribution in [3.63, 3.8) is 0 Å². The Hall–Kier alpha value is -1.68. The van der Waals surface area contributed by atoms with Crippen LogP contribution in [0, 0.1) is 13.8 Å². The van der Waals surface area contributed by atoms with Crippen molar-refractivity contribution >= 4 is 17.4 Å². The van der Waals surface area contributed by atoms with Gasteiger partial charge in [0.25, 0.3) is 11.7 Å². The summed E-state index contributed by atoms with van der Waals surface area (Å²) >= 11 is 0. The van der Waals surface area contributed by atoms with Crippen molar-refractivity contribution in [2.24, 2.45) is 5.73 Å². The zero-order chi connectivity index (χ0) is 11.9. The lowest BCUT2D eigenvalue weighted by atomic mass is 10.0. The van der Waals surface area contributed by atoms with Gasteiger partial charge in [0, 0.05) is 13.1 Å². The third-order valence-corrected chi connectivity index (χ3v) is 2.88. The molecule has 2 rings (SSSR count). The summed E-state index contributed by atoms with van der Waals surface area (Å²) in [4.78, 5) is 25.1. The van der Waals surface area contributed by atoms with Gasteiger partial charge in [-0.25, -0.2) is 0 Å². The van der Waals surface area contributed by atoms with Gasteiger partial charge in [0.15, 0.2) is 0 Å². The van der Waals surface area contributed by atoms with Crippen molar-refractivity contribution in [3.05, 3.63) is 28.8 Å². The van der Waals surface area contributed by atoms with E-state index in [-0.39, 0.29) is 0 Å². The topological polar surface area (TPSA) is 63.4 Å². The first-order valence-corrected chi connectivity index (χ1v) is 5.24. The van der Waals surface area contributed by atoms with E-state index in [1.54, 1.807) is 0 Å². The molecule has 0 aromatic heterocycles. The first-order chi connectivity index (χ1) is 7.57. The number of benzene rings is 1. The molecule has 0 aliphatic carbocycles. The van der Waals surface area contributed by atoms with E-state index in [1.165, 1.54) is 4.90 Å². The summed E-state index contributed by atoms with van der Waals surface area (Å²) in [6.45, 7) is 4.48. The molecule has 1 aliphatic heterocycles. The number of ketones is 1. The molecule has 4 nitrogen and oxygen atoms in total. The standard InChI is InChI=1S/C12H14N2O2/c1-7-3-4-8(2)10-9(7)11(15)12(16)14(10)6-5-13/h3-4H,5-6,13H2,1-2H3. The molecule has 1 aromatic rings. The quantitative estimate of drug-likeness (QED) is 0.746. The minimum absolute atomic E-state index is 0.353. The van der Waals surface area contributed by atoms with Crippen LogP contribution in [0.15, 0.2) is 12.1 Å². The molecule has 1 heterocycles. The van der Waals surface area contributed by atoms with E-state index in [0.717, 1.165) is 16.8 Å². The molecule has 1 aromatic carbocycles. The molecule has 1 aliphatic rings. The minimum Gasteiger partial charge on any atom is -0.329 e. The third-order valence-electron chi connectivity index (χ3n) is 2.88. The number of carbonyl (C=O) groups excluding carboxylic acids is 2.